The van der Waals surface area contributed by atoms with Crippen LogP contribution < -0.4 is 10.6 Å². The molecule has 0 saturated heterocycles. The Morgan fingerprint density at radius 1 is 0.962 bits per heavy atom. The van der Waals surface area contributed by atoms with Crippen LogP contribution in [0.3, 0.4) is 0 Å². The van der Waals surface area contributed by atoms with Crippen molar-refractivity contribution in [2.75, 3.05) is 5.32 Å². The van der Waals surface area contributed by atoms with Crippen LogP contribution in [0.1, 0.15) is 42.9 Å². The van der Waals surface area contributed by atoms with Crippen molar-refractivity contribution in [1.82, 2.24) is 5.32 Å². The number of aryl methyl sites for hydroxylation is 1. The third-order valence-corrected chi connectivity index (χ3v) is 4.90. The highest BCUT2D eigenvalue weighted by atomic mass is 16.2. The molecule has 0 spiro atoms. The first-order valence-electron chi connectivity index (χ1n) is 9.18. The Balaban J connectivity index is 1.47. The van der Waals surface area contributed by atoms with Crippen LogP contribution in [0, 0.1) is 18.8 Å². The molecular formula is C22H26N2O2. The Labute approximate surface area is 155 Å². The molecule has 2 atom stereocenters. The lowest BCUT2D eigenvalue weighted by atomic mass is 10.0. The average Bonchev–Trinajstić information content (AvgIpc) is 3.42. The number of anilines is 1. The molecule has 4 heteroatoms. The second-order valence-electron chi connectivity index (χ2n) is 7.42. The lowest BCUT2D eigenvalue weighted by molar-refractivity contribution is -0.125. The Morgan fingerprint density at radius 3 is 2.19 bits per heavy atom. The summed E-state index contributed by atoms with van der Waals surface area (Å²) in [6, 6.07) is 16.0. The van der Waals surface area contributed by atoms with Gasteiger partial charge in [0.2, 0.25) is 11.8 Å². The standard InChI is InChI=1S/C22H26N2O2/c1-14(2)17-8-10-18(11-9-17)24-22(26)20-12-19(20)21(25)23-13-16-6-4-15(3)5-7-16/h4-11,14,19-20H,12-13H2,1-3H3,(H,23,25)(H,24,26). The van der Waals surface area contributed by atoms with E-state index in [2.05, 4.69) is 24.5 Å². The van der Waals surface area contributed by atoms with Crippen molar-refractivity contribution in [3.05, 3.63) is 65.2 Å². The van der Waals surface area contributed by atoms with Crippen LogP contribution in [0.4, 0.5) is 5.69 Å². The van der Waals surface area contributed by atoms with Gasteiger partial charge in [-0.25, -0.2) is 0 Å². The first-order valence-corrected chi connectivity index (χ1v) is 9.18. The van der Waals surface area contributed by atoms with Crippen LogP contribution in [0.25, 0.3) is 0 Å². The van der Waals surface area contributed by atoms with Gasteiger partial charge in [0.15, 0.2) is 0 Å². The predicted molar refractivity (Wildman–Crippen MR) is 104 cm³/mol. The summed E-state index contributed by atoms with van der Waals surface area (Å²) >= 11 is 0. The number of benzene rings is 2. The molecular weight excluding hydrogens is 324 g/mol. The average molecular weight is 350 g/mol. The second-order valence-corrected chi connectivity index (χ2v) is 7.42. The molecule has 2 aromatic rings. The van der Waals surface area contributed by atoms with Crippen LogP contribution in [-0.4, -0.2) is 11.8 Å². The molecule has 0 aromatic heterocycles. The van der Waals surface area contributed by atoms with E-state index in [1.54, 1.807) is 0 Å². The molecule has 0 bridgehead atoms. The molecule has 0 radical (unpaired) electrons. The van der Waals surface area contributed by atoms with E-state index in [9.17, 15) is 9.59 Å². The SMILES string of the molecule is Cc1ccc(CNC(=O)C2CC2C(=O)Nc2ccc(C(C)C)cc2)cc1. The first-order chi connectivity index (χ1) is 12.4. The fourth-order valence-electron chi connectivity index (χ4n) is 2.99. The normalized spacial score (nSPS) is 18.5. The van der Waals surface area contributed by atoms with Crippen molar-refractivity contribution in [3.63, 3.8) is 0 Å². The second kappa shape index (κ2) is 7.73. The molecule has 1 fully saturated rings. The molecule has 1 saturated carbocycles. The number of hydrogen-bond acceptors (Lipinski definition) is 2. The zero-order chi connectivity index (χ0) is 18.7. The minimum Gasteiger partial charge on any atom is -0.352 e. The molecule has 3 rings (SSSR count). The number of amides is 2. The van der Waals surface area contributed by atoms with Gasteiger partial charge >= 0.3 is 0 Å². The number of carbonyl (C=O) groups excluding carboxylic acids is 2. The predicted octanol–water partition coefficient (Wildman–Crippen LogP) is 4.01. The summed E-state index contributed by atoms with van der Waals surface area (Å²) in [7, 11) is 0. The summed E-state index contributed by atoms with van der Waals surface area (Å²) in [6.07, 6.45) is 0.621. The molecule has 2 aromatic carbocycles. The zero-order valence-electron chi connectivity index (χ0n) is 15.6. The van der Waals surface area contributed by atoms with Gasteiger partial charge in [-0.05, 0) is 42.5 Å². The van der Waals surface area contributed by atoms with Gasteiger partial charge in [0.1, 0.15) is 0 Å². The van der Waals surface area contributed by atoms with Gasteiger partial charge in [0, 0.05) is 12.2 Å². The summed E-state index contributed by atoms with van der Waals surface area (Å²) in [5, 5.41) is 5.85. The maximum Gasteiger partial charge on any atom is 0.228 e. The van der Waals surface area contributed by atoms with Crippen LogP contribution in [-0.2, 0) is 16.1 Å². The summed E-state index contributed by atoms with van der Waals surface area (Å²) < 4.78 is 0. The summed E-state index contributed by atoms with van der Waals surface area (Å²) in [4.78, 5) is 24.6. The van der Waals surface area contributed by atoms with Crippen LogP contribution in [0.5, 0.6) is 0 Å². The Morgan fingerprint density at radius 2 is 1.58 bits per heavy atom. The maximum atomic E-state index is 12.3. The lowest BCUT2D eigenvalue weighted by Crippen LogP contribution is -2.27. The maximum absolute atomic E-state index is 12.3. The van der Waals surface area contributed by atoms with Crippen molar-refractivity contribution < 1.29 is 9.59 Å². The summed E-state index contributed by atoms with van der Waals surface area (Å²) in [5.74, 6) is -0.0865. The number of nitrogens with one attached hydrogen (secondary N) is 2. The van der Waals surface area contributed by atoms with Crippen molar-refractivity contribution >= 4 is 17.5 Å². The Kier molecular flexibility index (Phi) is 5.40. The van der Waals surface area contributed by atoms with E-state index in [1.165, 1.54) is 11.1 Å². The van der Waals surface area contributed by atoms with Gasteiger partial charge in [-0.2, -0.15) is 0 Å². The van der Waals surface area contributed by atoms with Gasteiger partial charge in [0.25, 0.3) is 0 Å². The number of carbonyl (C=O) groups is 2. The van der Waals surface area contributed by atoms with Gasteiger partial charge in [-0.1, -0.05) is 55.8 Å². The highest BCUT2D eigenvalue weighted by molar-refractivity contribution is 5.99. The Hall–Kier alpha value is -2.62. The first kappa shape index (κ1) is 18.2. The summed E-state index contributed by atoms with van der Waals surface area (Å²) in [5.41, 5.74) is 4.28. The molecule has 2 amide bonds. The van der Waals surface area contributed by atoms with E-state index >= 15 is 0 Å². The van der Waals surface area contributed by atoms with E-state index < -0.39 is 0 Å². The molecule has 2 N–H and O–H groups in total. The fraction of sp³-hybridized carbons (Fsp3) is 0.364. The third kappa shape index (κ3) is 4.51. The third-order valence-electron chi connectivity index (χ3n) is 4.90. The van der Waals surface area contributed by atoms with Crippen molar-refractivity contribution in [2.45, 2.75) is 39.7 Å². The minimum atomic E-state index is -0.224. The van der Waals surface area contributed by atoms with E-state index in [4.69, 9.17) is 0 Å². The fourth-order valence-corrected chi connectivity index (χ4v) is 2.99. The molecule has 4 nitrogen and oxygen atoms in total. The number of rotatable bonds is 6. The van der Waals surface area contributed by atoms with Crippen molar-refractivity contribution in [1.29, 1.82) is 0 Å². The highest BCUT2D eigenvalue weighted by Crippen LogP contribution is 2.39. The van der Waals surface area contributed by atoms with Crippen LogP contribution in [0.15, 0.2) is 48.5 Å². The summed E-state index contributed by atoms with van der Waals surface area (Å²) in [6.45, 7) is 6.81. The largest absolute Gasteiger partial charge is 0.352 e. The smallest absolute Gasteiger partial charge is 0.228 e. The van der Waals surface area contributed by atoms with Crippen LogP contribution >= 0.6 is 0 Å². The lowest BCUT2D eigenvalue weighted by Gasteiger charge is -2.09. The quantitative estimate of drug-likeness (QED) is 0.827. The molecule has 0 aliphatic heterocycles. The van der Waals surface area contributed by atoms with Gasteiger partial charge in [-0.3, -0.25) is 9.59 Å². The monoisotopic (exact) mass is 350 g/mol. The van der Waals surface area contributed by atoms with E-state index in [0.29, 0.717) is 18.9 Å². The van der Waals surface area contributed by atoms with Gasteiger partial charge in [0.05, 0.1) is 11.8 Å². The zero-order valence-corrected chi connectivity index (χ0v) is 15.6. The van der Waals surface area contributed by atoms with Gasteiger partial charge in [-0.15, -0.1) is 0 Å². The molecule has 1 aliphatic carbocycles. The van der Waals surface area contributed by atoms with E-state index in [0.717, 1.165) is 11.3 Å². The van der Waals surface area contributed by atoms with E-state index in [-0.39, 0.29) is 23.7 Å². The molecule has 0 heterocycles. The van der Waals surface area contributed by atoms with Crippen molar-refractivity contribution in [3.8, 4) is 0 Å². The molecule has 1 aliphatic rings. The molecule has 136 valence electrons. The number of hydrogen-bond donors (Lipinski definition) is 2. The van der Waals surface area contributed by atoms with Crippen LogP contribution in [0.2, 0.25) is 0 Å². The van der Waals surface area contributed by atoms with Crippen molar-refractivity contribution in [2.24, 2.45) is 11.8 Å². The van der Waals surface area contributed by atoms with Gasteiger partial charge < -0.3 is 10.6 Å². The topological polar surface area (TPSA) is 58.2 Å². The Bertz CT molecular complexity index is 779. The minimum absolute atomic E-state index is 0.0409. The highest BCUT2D eigenvalue weighted by Gasteiger charge is 2.47. The van der Waals surface area contributed by atoms with E-state index in [1.807, 2.05) is 55.5 Å². The molecule has 2 unspecified atom stereocenters. The molecule has 26 heavy (non-hydrogen) atoms.